The van der Waals surface area contributed by atoms with Crippen LogP contribution < -0.4 is 15.2 Å². The fraction of sp³-hybridized carbons (Fsp3) is 0.133. The quantitative estimate of drug-likeness (QED) is 0.676. The van der Waals surface area contributed by atoms with Gasteiger partial charge in [-0.05, 0) is 12.1 Å². The van der Waals surface area contributed by atoms with Gasteiger partial charge in [0.2, 0.25) is 0 Å². The maximum atomic E-state index is 5.98. The van der Waals surface area contributed by atoms with Gasteiger partial charge in [0.1, 0.15) is 23.0 Å². The average molecular weight is 256 g/mol. The zero-order chi connectivity index (χ0) is 13.7. The Hall–Kier alpha value is -2.49. The normalized spacial score (nSPS) is 11.2. The first-order valence-electron chi connectivity index (χ1n) is 5.86. The minimum atomic E-state index is 0.448. The summed E-state index contributed by atoms with van der Waals surface area (Å²) in [7, 11) is 3.20. The van der Waals surface area contributed by atoms with Crippen LogP contribution in [0.25, 0.3) is 0 Å². The summed E-state index contributed by atoms with van der Waals surface area (Å²) in [5.74, 6) is 1.79. The van der Waals surface area contributed by atoms with Crippen LogP contribution in [0.3, 0.4) is 0 Å². The molecule has 0 aliphatic heterocycles. The predicted molar refractivity (Wildman–Crippen MR) is 76.4 cm³/mol. The molecule has 2 aromatic carbocycles. The van der Waals surface area contributed by atoms with Crippen molar-refractivity contribution in [3.63, 3.8) is 0 Å². The van der Waals surface area contributed by atoms with Crippen molar-refractivity contribution < 1.29 is 9.47 Å². The molecule has 0 radical (unpaired) electrons. The number of nitrogens with two attached hydrogens (primary N) is 1. The molecule has 0 spiro atoms. The molecule has 0 aromatic heterocycles. The van der Waals surface area contributed by atoms with Gasteiger partial charge in [-0.3, -0.25) is 0 Å². The maximum Gasteiger partial charge on any atom is 0.148 e. The first-order valence-corrected chi connectivity index (χ1v) is 5.86. The number of hydrogen-bond acceptors (Lipinski definition) is 3. The molecule has 0 atom stereocenters. The molecule has 2 rings (SSSR count). The first kappa shape index (κ1) is 13.0. The van der Waals surface area contributed by atoms with Crippen LogP contribution in [0.5, 0.6) is 11.5 Å². The van der Waals surface area contributed by atoms with Crippen molar-refractivity contribution in [1.29, 1.82) is 0 Å². The second-order valence-electron chi connectivity index (χ2n) is 3.90. The van der Waals surface area contributed by atoms with E-state index in [1.54, 1.807) is 20.3 Å². The Morgan fingerprint density at radius 3 is 2.37 bits per heavy atom. The van der Waals surface area contributed by atoms with E-state index in [1.165, 1.54) is 0 Å². The Morgan fingerprint density at radius 2 is 1.74 bits per heavy atom. The Labute approximate surface area is 112 Å². The van der Waals surface area contributed by atoms with E-state index in [4.69, 9.17) is 15.2 Å². The van der Waals surface area contributed by atoms with E-state index in [9.17, 15) is 0 Å². The van der Waals surface area contributed by atoms with Gasteiger partial charge < -0.3 is 15.2 Å². The van der Waals surface area contributed by atoms with E-state index in [2.05, 4.69) is 4.99 Å². The van der Waals surface area contributed by atoms with E-state index >= 15 is 0 Å². The fourth-order valence-electron chi connectivity index (χ4n) is 1.68. The van der Waals surface area contributed by atoms with Crippen molar-refractivity contribution in [2.24, 2.45) is 10.7 Å². The van der Waals surface area contributed by atoms with Crippen LogP contribution >= 0.6 is 0 Å². The van der Waals surface area contributed by atoms with Crippen LogP contribution in [0.1, 0.15) is 5.56 Å². The molecule has 0 aliphatic rings. The molecule has 0 aliphatic carbocycles. The van der Waals surface area contributed by atoms with Crippen molar-refractivity contribution >= 4 is 11.5 Å². The molecule has 0 saturated carbocycles. The average Bonchev–Trinajstić information content (AvgIpc) is 2.48. The molecule has 0 heterocycles. The highest BCUT2D eigenvalue weighted by atomic mass is 16.5. The van der Waals surface area contributed by atoms with Crippen molar-refractivity contribution in [1.82, 2.24) is 0 Å². The molecule has 0 fully saturated rings. The second-order valence-corrected chi connectivity index (χ2v) is 3.90. The number of ether oxygens (including phenoxy) is 2. The number of hydrogen-bond donors (Lipinski definition) is 1. The molecule has 0 bridgehead atoms. The van der Waals surface area contributed by atoms with Gasteiger partial charge in [-0.25, -0.2) is 4.99 Å². The van der Waals surface area contributed by atoms with Gasteiger partial charge in [0.25, 0.3) is 0 Å². The molecule has 2 aromatic rings. The lowest BCUT2D eigenvalue weighted by Gasteiger charge is -2.08. The first-order chi connectivity index (χ1) is 9.24. The lowest BCUT2D eigenvalue weighted by Crippen LogP contribution is -2.12. The molecule has 0 amide bonds. The summed E-state index contributed by atoms with van der Waals surface area (Å²) in [6.07, 6.45) is 0. The van der Waals surface area contributed by atoms with E-state index in [1.807, 2.05) is 42.5 Å². The highest BCUT2D eigenvalue weighted by Gasteiger charge is 2.05. The Balaban J connectivity index is 2.37. The van der Waals surface area contributed by atoms with Crippen LogP contribution in [-0.4, -0.2) is 20.1 Å². The molecule has 0 saturated heterocycles. The monoisotopic (exact) mass is 256 g/mol. The zero-order valence-corrected chi connectivity index (χ0v) is 11.0. The van der Waals surface area contributed by atoms with Crippen LogP contribution in [0, 0.1) is 0 Å². The Bertz CT molecular complexity index is 580. The summed E-state index contributed by atoms with van der Waals surface area (Å²) < 4.78 is 10.4. The molecule has 19 heavy (non-hydrogen) atoms. The van der Waals surface area contributed by atoms with Crippen molar-refractivity contribution in [2.45, 2.75) is 0 Å². The van der Waals surface area contributed by atoms with Gasteiger partial charge in [-0.2, -0.15) is 0 Å². The third-order valence-electron chi connectivity index (χ3n) is 2.70. The third-order valence-corrected chi connectivity index (χ3v) is 2.70. The molecule has 2 N–H and O–H groups in total. The van der Waals surface area contributed by atoms with E-state index in [0.717, 1.165) is 5.56 Å². The summed E-state index contributed by atoms with van der Waals surface area (Å²) in [5, 5.41) is 0. The van der Waals surface area contributed by atoms with Crippen LogP contribution in [-0.2, 0) is 0 Å². The van der Waals surface area contributed by atoms with E-state index in [-0.39, 0.29) is 0 Å². The van der Waals surface area contributed by atoms with Gasteiger partial charge in [-0.15, -0.1) is 0 Å². The van der Waals surface area contributed by atoms with E-state index < -0.39 is 0 Å². The van der Waals surface area contributed by atoms with Gasteiger partial charge >= 0.3 is 0 Å². The largest absolute Gasteiger partial charge is 0.497 e. The fourth-order valence-corrected chi connectivity index (χ4v) is 1.68. The lowest BCUT2D eigenvalue weighted by molar-refractivity contribution is 0.395. The lowest BCUT2D eigenvalue weighted by atomic mass is 10.2. The van der Waals surface area contributed by atoms with Crippen molar-refractivity contribution in [3.05, 3.63) is 54.1 Å². The minimum Gasteiger partial charge on any atom is -0.497 e. The van der Waals surface area contributed by atoms with Crippen LogP contribution in [0.2, 0.25) is 0 Å². The standard InChI is InChI=1S/C15H16N2O2/c1-18-12-8-9-13(14(10-12)19-2)17-15(16)11-6-4-3-5-7-11/h3-10H,1-2H3,(H2,16,17). The molecule has 98 valence electrons. The topological polar surface area (TPSA) is 56.8 Å². The zero-order valence-electron chi connectivity index (χ0n) is 11.0. The molecule has 0 unspecified atom stereocenters. The predicted octanol–water partition coefficient (Wildman–Crippen LogP) is 2.74. The molecule has 4 heteroatoms. The SMILES string of the molecule is COc1ccc(N=C(N)c2ccccc2)c(OC)c1. The summed E-state index contributed by atoms with van der Waals surface area (Å²) >= 11 is 0. The smallest absolute Gasteiger partial charge is 0.148 e. The van der Waals surface area contributed by atoms with Crippen LogP contribution in [0.4, 0.5) is 5.69 Å². The second kappa shape index (κ2) is 5.91. The van der Waals surface area contributed by atoms with Gasteiger partial charge in [0.15, 0.2) is 0 Å². The minimum absolute atomic E-state index is 0.448. The maximum absolute atomic E-state index is 5.98. The number of aliphatic imine (C=N–C) groups is 1. The Kier molecular flexibility index (Phi) is 4.03. The van der Waals surface area contributed by atoms with E-state index in [0.29, 0.717) is 23.0 Å². The number of amidine groups is 1. The molecule has 4 nitrogen and oxygen atoms in total. The highest BCUT2D eigenvalue weighted by molar-refractivity contribution is 5.99. The van der Waals surface area contributed by atoms with Gasteiger partial charge in [0.05, 0.1) is 14.2 Å². The third kappa shape index (κ3) is 3.04. The summed E-state index contributed by atoms with van der Waals surface area (Å²) in [6, 6.07) is 15.0. The van der Waals surface area contributed by atoms with Gasteiger partial charge in [0, 0.05) is 11.6 Å². The van der Waals surface area contributed by atoms with Gasteiger partial charge in [-0.1, -0.05) is 30.3 Å². The summed E-state index contributed by atoms with van der Waals surface area (Å²) in [6.45, 7) is 0. The highest BCUT2D eigenvalue weighted by Crippen LogP contribution is 2.31. The molecular weight excluding hydrogens is 240 g/mol. The van der Waals surface area contributed by atoms with Crippen molar-refractivity contribution in [3.8, 4) is 11.5 Å². The number of rotatable bonds is 4. The number of methoxy groups -OCH3 is 2. The molecular formula is C15H16N2O2. The summed E-state index contributed by atoms with van der Waals surface area (Å²) in [4.78, 5) is 4.39. The summed E-state index contributed by atoms with van der Waals surface area (Å²) in [5.41, 5.74) is 7.53. The number of nitrogens with zero attached hydrogens (tertiary/aromatic N) is 1. The number of benzene rings is 2. The van der Waals surface area contributed by atoms with Crippen LogP contribution in [0.15, 0.2) is 53.5 Å². The Morgan fingerprint density at radius 1 is 1.00 bits per heavy atom. The van der Waals surface area contributed by atoms with Crippen molar-refractivity contribution in [2.75, 3.05) is 14.2 Å².